The number of hydrogen-bond donors (Lipinski definition) is 0. The molecular formula is C40H45N3O20S. The maximum atomic E-state index is 15.0. The van der Waals surface area contributed by atoms with E-state index in [1.54, 1.807) is 0 Å². The molecule has 1 aromatic heterocycles. The quantitative estimate of drug-likeness (QED) is 0.138. The number of nitrogens with zero attached hydrogens (tertiary/aromatic N) is 3. The largest absolute Gasteiger partial charge is 0.497 e. The lowest BCUT2D eigenvalue weighted by molar-refractivity contribution is -0.270. The molecule has 2 saturated heterocycles. The van der Waals surface area contributed by atoms with Crippen LogP contribution in [0.2, 0.25) is 0 Å². The lowest BCUT2D eigenvalue weighted by atomic mass is 9.96. The third kappa shape index (κ3) is 12.8. The number of ether oxygens (including phenoxy) is 11. The first-order chi connectivity index (χ1) is 30.1. The Morgan fingerprint density at radius 1 is 0.625 bits per heavy atom. The molecule has 346 valence electrons. The Balaban J connectivity index is 2.11. The highest BCUT2D eigenvalue weighted by Gasteiger charge is 2.56. The number of hydrogen-bond acceptors (Lipinski definition) is 23. The zero-order valence-electron chi connectivity index (χ0n) is 35.9. The van der Waals surface area contributed by atoms with Gasteiger partial charge < -0.3 is 52.1 Å². The van der Waals surface area contributed by atoms with E-state index in [0.29, 0.717) is 17.5 Å². The van der Waals surface area contributed by atoms with Gasteiger partial charge in [0.05, 0.1) is 12.8 Å². The molecule has 0 saturated carbocycles. The number of esters is 8. The molecule has 23 nitrogen and oxygen atoms in total. The molecule has 4 rings (SSSR count). The summed E-state index contributed by atoms with van der Waals surface area (Å²) < 4.78 is 62.4. The van der Waals surface area contributed by atoms with Gasteiger partial charge in [0.2, 0.25) is 0 Å². The van der Waals surface area contributed by atoms with Crippen LogP contribution >= 0.6 is 11.8 Å². The molecule has 64 heavy (non-hydrogen) atoms. The fraction of sp³-hybridized carbons (Fsp3) is 0.525. The molecule has 0 amide bonds. The average Bonchev–Trinajstić information content (AvgIpc) is 3.19. The zero-order chi connectivity index (χ0) is 47.6. The number of nitriles is 1. The average molecular weight is 920 g/mol. The van der Waals surface area contributed by atoms with Gasteiger partial charge in [-0.25, -0.2) is 4.98 Å². The summed E-state index contributed by atoms with van der Waals surface area (Å²) in [6, 6.07) is 7.80. The maximum Gasteiger partial charge on any atom is 0.303 e. The molecular weight excluding hydrogens is 875 g/mol. The first kappa shape index (κ1) is 50.1. The lowest BCUT2D eigenvalue weighted by Gasteiger charge is -2.45. The predicted octanol–water partition coefficient (Wildman–Crippen LogP) is 1.22. The Bertz CT molecular complexity index is 2220. The van der Waals surface area contributed by atoms with Crippen molar-refractivity contribution in [3.63, 3.8) is 0 Å². The maximum absolute atomic E-state index is 15.0. The van der Waals surface area contributed by atoms with E-state index in [1.165, 1.54) is 31.4 Å². The summed E-state index contributed by atoms with van der Waals surface area (Å²) in [6.45, 7) is 6.82. The Kier molecular flexibility index (Phi) is 17.3. The molecule has 10 atom stereocenters. The Hall–Kier alpha value is -6.58. The first-order valence-electron chi connectivity index (χ1n) is 19.1. The summed E-state index contributed by atoms with van der Waals surface area (Å²) in [5.41, 5.74) is -3.51. The van der Waals surface area contributed by atoms with Crippen LogP contribution in [0.1, 0.15) is 67.2 Å². The van der Waals surface area contributed by atoms with Crippen LogP contribution < -0.4 is 10.3 Å². The molecule has 0 aliphatic carbocycles. The highest BCUT2D eigenvalue weighted by molar-refractivity contribution is 7.99. The summed E-state index contributed by atoms with van der Waals surface area (Å²) in [6.07, 6.45) is -15.4. The fourth-order valence-electron chi connectivity index (χ4n) is 6.68. The summed E-state index contributed by atoms with van der Waals surface area (Å²) in [5.74, 6) is -6.99. The van der Waals surface area contributed by atoms with Crippen LogP contribution in [0.25, 0.3) is 11.3 Å². The minimum Gasteiger partial charge on any atom is -0.497 e. The lowest BCUT2D eigenvalue weighted by Crippen LogP contribution is -2.62. The van der Waals surface area contributed by atoms with Gasteiger partial charge in [-0.15, -0.1) is 0 Å². The van der Waals surface area contributed by atoms with Gasteiger partial charge in [0.15, 0.2) is 53.4 Å². The minimum atomic E-state index is -1.99. The zero-order valence-corrected chi connectivity index (χ0v) is 36.7. The van der Waals surface area contributed by atoms with Crippen LogP contribution in [0, 0.1) is 11.3 Å². The van der Waals surface area contributed by atoms with Gasteiger partial charge in [0, 0.05) is 61.0 Å². The first-order valence-corrected chi connectivity index (χ1v) is 20.0. The number of benzene rings is 1. The second kappa shape index (κ2) is 22.2. The Morgan fingerprint density at radius 2 is 1.05 bits per heavy atom. The molecule has 2 aliphatic rings. The van der Waals surface area contributed by atoms with Gasteiger partial charge >= 0.3 is 47.8 Å². The normalized spacial score (nSPS) is 24.9. The number of carbonyl (C=O) groups is 8. The molecule has 1 aromatic carbocycles. The van der Waals surface area contributed by atoms with Crippen molar-refractivity contribution in [2.75, 3.05) is 20.3 Å². The Labute approximate surface area is 368 Å². The number of aromatic nitrogens is 2. The smallest absolute Gasteiger partial charge is 0.303 e. The van der Waals surface area contributed by atoms with E-state index in [-0.39, 0.29) is 11.3 Å². The van der Waals surface area contributed by atoms with Crippen LogP contribution in [0.4, 0.5) is 0 Å². The van der Waals surface area contributed by atoms with Gasteiger partial charge in [-0.3, -0.25) is 47.7 Å². The van der Waals surface area contributed by atoms with E-state index in [1.807, 2.05) is 6.07 Å². The van der Waals surface area contributed by atoms with Gasteiger partial charge in [-0.05, 0) is 24.3 Å². The fourth-order valence-corrected chi connectivity index (χ4v) is 7.88. The molecule has 0 N–H and O–H groups in total. The van der Waals surface area contributed by atoms with Crippen molar-refractivity contribution in [2.24, 2.45) is 0 Å². The van der Waals surface area contributed by atoms with Crippen molar-refractivity contribution in [1.29, 1.82) is 5.26 Å². The highest BCUT2D eigenvalue weighted by atomic mass is 32.2. The van der Waals surface area contributed by atoms with E-state index >= 15 is 4.79 Å². The third-order valence-electron chi connectivity index (χ3n) is 8.95. The monoisotopic (exact) mass is 919 g/mol. The van der Waals surface area contributed by atoms with Crippen LogP contribution in [0.5, 0.6) is 5.75 Å². The topological polar surface area (TPSA) is 297 Å². The van der Waals surface area contributed by atoms with Crippen molar-refractivity contribution in [1.82, 2.24) is 9.55 Å². The SMILES string of the molecule is COc1ccc(-c2nc(S[C@@H]3O[C@H](COC(C)=O)[C@@H](OC(C)=O)[C@H](OC(C)=O)[C@H]3OC(C)=O)n([C@@H]3O[C@H](COC(C)=O)[C@@H](OC(C)=O)[C@H](OC(C)=O)[C@H]3OC(C)=O)c(=O)c2C#N)cc1. The van der Waals surface area contributed by atoms with Crippen LogP contribution in [-0.2, 0) is 85.7 Å². The van der Waals surface area contributed by atoms with E-state index in [4.69, 9.17) is 57.1 Å². The number of carbonyl (C=O) groups excluding carboxylic acids is 8. The molecule has 0 bridgehead atoms. The van der Waals surface area contributed by atoms with E-state index in [2.05, 4.69) is 0 Å². The second-order valence-corrected chi connectivity index (χ2v) is 15.0. The summed E-state index contributed by atoms with van der Waals surface area (Å²) in [7, 11) is 1.41. The molecule has 0 radical (unpaired) electrons. The molecule has 0 unspecified atom stereocenters. The minimum absolute atomic E-state index is 0.187. The Morgan fingerprint density at radius 3 is 1.48 bits per heavy atom. The third-order valence-corrected chi connectivity index (χ3v) is 10.1. The summed E-state index contributed by atoms with van der Waals surface area (Å²) >= 11 is 0.489. The van der Waals surface area contributed by atoms with Crippen molar-refractivity contribution >= 4 is 59.5 Å². The van der Waals surface area contributed by atoms with Crippen LogP contribution in [-0.4, -0.2) is 132 Å². The molecule has 24 heteroatoms. The van der Waals surface area contributed by atoms with Crippen molar-refractivity contribution in [2.45, 2.75) is 121 Å². The number of thioether (sulfide) groups is 1. The summed E-state index contributed by atoms with van der Waals surface area (Å²) in [5, 5.41) is 10.1. The van der Waals surface area contributed by atoms with Gasteiger partial charge in [0.1, 0.15) is 42.8 Å². The highest BCUT2D eigenvalue weighted by Crippen LogP contribution is 2.41. The predicted molar refractivity (Wildman–Crippen MR) is 210 cm³/mol. The summed E-state index contributed by atoms with van der Waals surface area (Å²) in [4.78, 5) is 119. The van der Waals surface area contributed by atoms with Crippen molar-refractivity contribution < 1.29 is 90.5 Å². The molecule has 2 fully saturated rings. The second-order valence-electron chi connectivity index (χ2n) is 13.9. The van der Waals surface area contributed by atoms with Crippen LogP contribution in [0.15, 0.2) is 34.2 Å². The van der Waals surface area contributed by atoms with Crippen molar-refractivity contribution in [3.8, 4) is 23.1 Å². The molecule has 2 aliphatic heterocycles. The molecule has 2 aromatic rings. The van der Waals surface area contributed by atoms with Gasteiger partial charge in [-0.1, -0.05) is 11.8 Å². The van der Waals surface area contributed by atoms with Crippen LogP contribution in [0.3, 0.4) is 0 Å². The molecule has 3 heterocycles. The number of methoxy groups -OCH3 is 1. The van der Waals surface area contributed by atoms with Gasteiger partial charge in [0.25, 0.3) is 5.56 Å². The van der Waals surface area contributed by atoms with E-state index < -0.39 is 138 Å². The van der Waals surface area contributed by atoms with Gasteiger partial charge in [-0.2, -0.15) is 5.26 Å². The van der Waals surface area contributed by atoms with E-state index in [9.17, 15) is 43.6 Å². The van der Waals surface area contributed by atoms with E-state index in [0.717, 1.165) is 60.0 Å². The molecule has 0 spiro atoms. The van der Waals surface area contributed by atoms with Crippen molar-refractivity contribution in [3.05, 3.63) is 40.2 Å². The standard InChI is InChI=1S/C40H45N3O20S/c1-17(44)54-15-28-31(56-19(3)46)33(58-21(5)48)35(60-23(7)50)38(62-28)43-37(52)27(14-41)30(25-10-12-26(53-9)13-11-25)42-40(43)64-39-36(61-24(8)51)34(59-22(6)49)32(57-20(4)47)29(63-39)16-55-18(2)45/h10-13,28-29,31-36,38-39H,15-16H2,1-9H3/t28-,29-,31-,32-,33+,34+,35-,36-,38-,39+/m1/s1. The number of rotatable bonds is 15.